The minimum absolute atomic E-state index is 0.0448. The van der Waals surface area contributed by atoms with Gasteiger partial charge < -0.3 is 15.1 Å². The first-order valence-electron chi connectivity index (χ1n) is 7.03. The molecule has 0 aliphatic carbocycles. The third-order valence-corrected chi connectivity index (χ3v) is 4.65. The van der Waals surface area contributed by atoms with Gasteiger partial charge in [-0.2, -0.15) is 0 Å². The summed E-state index contributed by atoms with van der Waals surface area (Å²) in [5.41, 5.74) is 6.80. The average molecular weight is 302 g/mol. The molecule has 5 heteroatoms. The zero-order valence-corrected chi connectivity index (χ0v) is 12.5. The molecule has 4 nitrogen and oxygen atoms in total. The van der Waals surface area contributed by atoms with Crippen LogP contribution in [0.1, 0.15) is 22.5 Å². The van der Waals surface area contributed by atoms with E-state index in [4.69, 9.17) is 10.2 Å². The summed E-state index contributed by atoms with van der Waals surface area (Å²) in [6.07, 6.45) is 2.45. The zero-order chi connectivity index (χ0) is 14.7. The number of hydrogen-bond donors (Lipinski definition) is 1. The minimum atomic E-state index is -0.0448. The number of amides is 1. The van der Waals surface area contributed by atoms with Gasteiger partial charge in [-0.05, 0) is 24.6 Å². The summed E-state index contributed by atoms with van der Waals surface area (Å²) in [5.74, 6) is 1.13. The van der Waals surface area contributed by atoms with Crippen molar-refractivity contribution in [1.82, 2.24) is 4.90 Å². The Labute approximate surface area is 128 Å². The van der Waals surface area contributed by atoms with Crippen molar-refractivity contribution in [3.63, 3.8) is 0 Å². The maximum Gasteiger partial charge on any atom is 0.289 e. The average Bonchev–Trinajstić information content (AvgIpc) is 3.14. The largest absolute Gasteiger partial charge is 0.459 e. The molecular weight excluding hydrogens is 284 g/mol. The summed E-state index contributed by atoms with van der Waals surface area (Å²) in [4.78, 5) is 15.4. The van der Waals surface area contributed by atoms with E-state index in [-0.39, 0.29) is 11.9 Å². The van der Waals surface area contributed by atoms with Crippen molar-refractivity contribution in [2.24, 2.45) is 5.73 Å². The monoisotopic (exact) mass is 302 g/mol. The summed E-state index contributed by atoms with van der Waals surface area (Å²) in [6, 6.07) is 12.1. The molecule has 1 atom stereocenters. The lowest BCUT2D eigenvalue weighted by Gasteiger charge is -2.14. The summed E-state index contributed by atoms with van der Waals surface area (Å²) in [5, 5.41) is 0. The molecule has 2 N–H and O–H groups in total. The van der Waals surface area contributed by atoms with E-state index in [9.17, 15) is 4.79 Å². The Morgan fingerprint density at radius 2 is 2.14 bits per heavy atom. The Morgan fingerprint density at radius 3 is 2.86 bits per heavy atom. The molecular formula is C16H18N2O2S. The van der Waals surface area contributed by atoms with E-state index in [0.717, 1.165) is 17.7 Å². The molecule has 0 saturated carbocycles. The number of rotatable bonds is 4. The molecule has 1 aliphatic heterocycles. The van der Waals surface area contributed by atoms with Crippen molar-refractivity contribution in [3.8, 4) is 0 Å². The van der Waals surface area contributed by atoms with Crippen LogP contribution >= 0.6 is 11.8 Å². The molecule has 1 aromatic carbocycles. The van der Waals surface area contributed by atoms with E-state index < -0.39 is 0 Å². The Bertz CT molecular complexity index is 612. The number of furan rings is 1. The van der Waals surface area contributed by atoms with Gasteiger partial charge in [-0.3, -0.25) is 4.79 Å². The molecule has 21 heavy (non-hydrogen) atoms. The number of carbonyl (C=O) groups excluding carboxylic acids is 1. The number of thioether (sulfide) groups is 1. The highest BCUT2D eigenvalue weighted by Crippen LogP contribution is 2.26. The van der Waals surface area contributed by atoms with Crippen LogP contribution in [0.3, 0.4) is 0 Å². The number of nitrogens with zero attached hydrogens (tertiary/aromatic N) is 1. The number of likely N-dealkylation sites (tertiary alicyclic amines) is 1. The lowest BCUT2D eigenvalue weighted by molar-refractivity contribution is 0.0758. The molecule has 0 unspecified atom stereocenters. The zero-order valence-electron chi connectivity index (χ0n) is 11.7. The maximum atomic E-state index is 12.5. The smallest absolute Gasteiger partial charge is 0.289 e. The predicted octanol–water partition coefficient (Wildman–Crippen LogP) is 2.75. The Hall–Kier alpha value is -1.72. The van der Waals surface area contributed by atoms with Crippen molar-refractivity contribution in [2.45, 2.75) is 23.1 Å². The molecule has 1 aliphatic rings. The summed E-state index contributed by atoms with van der Waals surface area (Å²) in [7, 11) is 0. The van der Waals surface area contributed by atoms with Gasteiger partial charge in [0.2, 0.25) is 0 Å². The van der Waals surface area contributed by atoms with Crippen LogP contribution in [0.15, 0.2) is 52.0 Å². The minimum Gasteiger partial charge on any atom is -0.459 e. The van der Waals surface area contributed by atoms with Crippen LogP contribution in [-0.4, -0.2) is 29.9 Å². The van der Waals surface area contributed by atoms with Crippen molar-refractivity contribution in [2.75, 3.05) is 13.1 Å². The molecule has 1 saturated heterocycles. The highest BCUT2D eigenvalue weighted by molar-refractivity contribution is 7.98. The number of nitrogens with two attached hydrogens (primary N) is 1. The fourth-order valence-corrected chi connectivity index (χ4v) is 3.33. The molecule has 2 heterocycles. The van der Waals surface area contributed by atoms with E-state index in [1.807, 2.05) is 24.3 Å². The van der Waals surface area contributed by atoms with Crippen LogP contribution < -0.4 is 5.73 Å². The quantitative estimate of drug-likeness (QED) is 0.882. The van der Waals surface area contributed by atoms with Gasteiger partial charge in [0.15, 0.2) is 5.76 Å². The van der Waals surface area contributed by atoms with Gasteiger partial charge in [-0.15, -0.1) is 11.8 Å². The van der Waals surface area contributed by atoms with Crippen LogP contribution in [0.2, 0.25) is 0 Å². The number of benzene rings is 1. The van der Waals surface area contributed by atoms with Crippen molar-refractivity contribution in [1.29, 1.82) is 0 Å². The summed E-state index contributed by atoms with van der Waals surface area (Å²) < 4.78 is 5.42. The highest BCUT2D eigenvalue weighted by atomic mass is 32.2. The van der Waals surface area contributed by atoms with Gasteiger partial charge in [-0.1, -0.05) is 18.2 Å². The molecule has 1 fully saturated rings. The first-order chi connectivity index (χ1) is 10.2. The van der Waals surface area contributed by atoms with Gasteiger partial charge in [0.05, 0.1) is 6.26 Å². The normalized spacial score (nSPS) is 18.1. The van der Waals surface area contributed by atoms with E-state index in [1.165, 1.54) is 4.90 Å². The second-order valence-electron chi connectivity index (χ2n) is 5.18. The molecule has 1 amide bonds. The van der Waals surface area contributed by atoms with E-state index in [2.05, 4.69) is 12.1 Å². The predicted molar refractivity (Wildman–Crippen MR) is 83.2 cm³/mol. The van der Waals surface area contributed by atoms with Crippen LogP contribution in [0.4, 0.5) is 0 Å². The lowest BCUT2D eigenvalue weighted by Crippen LogP contribution is -2.32. The SMILES string of the molecule is N[C@@H]1CCN(C(=O)c2occc2CSc2ccccc2)C1. The fourth-order valence-electron chi connectivity index (χ4n) is 2.43. The van der Waals surface area contributed by atoms with Crippen LogP contribution in [0.5, 0.6) is 0 Å². The van der Waals surface area contributed by atoms with Gasteiger partial charge in [0, 0.05) is 35.3 Å². The van der Waals surface area contributed by atoms with Gasteiger partial charge in [0.25, 0.3) is 5.91 Å². The molecule has 0 radical (unpaired) electrons. The summed E-state index contributed by atoms with van der Waals surface area (Å²) in [6.45, 7) is 1.33. The lowest BCUT2D eigenvalue weighted by atomic mass is 10.2. The highest BCUT2D eigenvalue weighted by Gasteiger charge is 2.27. The third kappa shape index (κ3) is 3.31. The molecule has 0 bridgehead atoms. The van der Waals surface area contributed by atoms with Crippen molar-refractivity contribution in [3.05, 3.63) is 54.0 Å². The number of hydrogen-bond acceptors (Lipinski definition) is 4. The third-order valence-electron chi connectivity index (χ3n) is 3.59. The van der Waals surface area contributed by atoms with Crippen molar-refractivity contribution < 1.29 is 9.21 Å². The maximum absolute atomic E-state index is 12.5. The Kier molecular flexibility index (Phi) is 4.31. The van der Waals surface area contributed by atoms with Crippen LogP contribution in [0.25, 0.3) is 0 Å². The number of carbonyl (C=O) groups is 1. The molecule has 0 spiro atoms. The molecule has 110 valence electrons. The van der Waals surface area contributed by atoms with Gasteiger partial charge in [0.1, 0.15) is 0 Å². The van der Waals surface area contributed by atoms with E-state index in [1.54, 1.807) is 22.9 Å². The fraction of sp³-hybridized carbons (Fsp3) is 0.312. The second kappa shape index (κ2) is 6.37. The van der Waals surface area contributed by atoms with Crippen molar-refractivity contribution >= 4 is 17.7 Å². The Morgan fingerprint density at radius 1 is 1.33 bits per heavy atom. The van der Waals surface area contributed by atoms with E-state index in [0.29, 0.717) is 18.8 Å². The molecule has 1 aromatic heterocycles. The van der Waals surface area contributed by atoms with Crippen LogP contribution in [0, 0.1) is 0 Å². The van der Waals surface area contributed by atoms with Crippen LogP contribution in [-0.2, 0) is 5.75 Å². The first-order valence-corrected chi connectivity index (χ1v) is 8.01. The van der Waals surface area contributed by atoms with E-state index >= 15 is 0 Å². The topological polar surface area (TPSA) is 59.5 Å². The standard InChI is InChI=1S/C16H18N2O2S/c17-13-6-8-18(10-13)16(19)15-12(7-9-20-15)11-21-14-4-2-1-3-5-14/h1-5,7,9,13H,6,8,10-11,17H2/t13-/m1/s1. The Balaban J connectivity index is 1.68. The molecule has 2 aromatic rings. The van der Waals surface area contributed by atoms with Gasteiger partial charge >= 0.3 is 0 Å². The van der Waals surface area contributed by atoms with Gasteiger partial charge in [-0.25, -0.2) is 0 Å². The first kappa shape index (κ1) is 14.2. The second-order valence-corrected chi connectivity index (χ2v) is 6.23. The molecule has 3 rings (SSSR count). The summed E-state index contributed by atoms with van der Waals surface area (Å²) >= 11 is 1.70.